The van der Waals surface area contributed by atoms with Gasteiger partial charge in [-0.2, -0.15) is 0 Å². The standard InChI is InChI=1S/C15H21NOS/c1-13-6-3-2-4-9-16(13)12-15-14(7-5-10-17)8-11-18-15/h8,11,13,17H,2-4,6,9-10,12H2,1H3. The van der Waals surface area contributed by atoms with Crippen molar-refractivity contribution >= 4 is 11.3 Å². The number of hydrogen-bond donors (Lipinski definition) is 1. The van der Waals surface area contributed by atoms with Crippen LogP contribution in [0.1, 0.15) is 43.0 Å². The summed E-state index contributed by atoms with van der Waals surface area (Å²) in [5.74, 6) is 5.79. The van der Waals surface area contributed by atoms with Crippen molar-refractivity contribution in [2.75, 3.05) is 13.2 Å². The summed E-state index contributed by atoms with van der Waals surface area (Å²) in [6.45, 7) is 4.48. The first-order valence-corrected chi connectivity index (χ1v) is 7.59. The quantitative estimate of drug-likeness (QED) is 0.829. The predicted molar refractivity (Wildman–Crippen MR) is 76.6 cm³/mol. The fraction of sp³-hybridized carbons (Fsp3) is 0.600. The number of likely N-dealkylation sites (tertiary alicyclic amines) is 1. The monoisotopic (exact) mass is 263 g/mol. The minimum absolute atomic E-state index is 0.0601. The van der Waals surface area contributed by atoms with E-state index in [1.807, 2.05) is 0 Å². The van der Waals surface area contributed by atoms with Gasteiger partial charge in [-0.3, -0.25) is 4.90 Å². The summed E-state index contributed by atoms with van der Waals surface area (Å²) in [4.78, 5) is 3.91. The molecule has 1 saturated heterocycles. The Labute approximate surface area is 114 Å². The zero-order chi connectivity index (χ0) is 12.8. The minimum Gasteiger partial charge on any atom is -0.384 e. The normalized spacial score (nSPS) is 21.1. The van der Waals surface area contributed by atoms with E-state index in [-0.39, 0.29) is 6.61 Å². The Balaban J connectivity index is 2.05. The molecule has 2 heterocycles. The molecule has 3 heteroatoms. The van der Waals surface area contributed by atoms with Gasteiger partial charge in [0.05, 0.1) is 0 Å². The van der Waals surface area contributed by atoms with E-state index >= 15 is 0 Å². The van der Waals surface area contributed by atoms with E-state index < -0.39 is 0 Å². The first-order valence-electron chi connectivity index (χ1n) is 6.71. The highest BCUT2D eigenvalue weighted by atomic mass is 32.1. The van der Waals surface area contributed by atoms with Crippen molar-refractivity contribution < 1.29 is 5.11 Å². The molecule has 0 radical (unpaired) electrons. The number of aliphatic hydroxyl groups is 1. The van der Waals surface area contributed by atoms with Gasteiger partial charge in [-0.1, -0.05) is 24.7 Å². The van der Waals surface area contributed by atoms with Gasteiger partial charge in [0.25, 0.3) is 0 Å². The molecular weight excluding hydrogens is 242 g/mol. The fourth-order valence-electron chi connectivity index (χ4n) is 2.46. The lowest BCUT2D eigenvalue weighted by molar-refractivity contribution is 0.206. The Morgan fingerprint density at radius 3 is 3.17 bits per heavy atom. The van der Waals surface area contributed by atoms with Crippen LogP contribution in [0.25, 0.3) is 0 Å². The van der Waals surface area contributed by atoms with Crippen LogP contribution in [0.2, 0.25) is 0 Å². The van der Waals surface area contributed by atoms with E-state index in [1.165, 1.54) is 37.1 Å². The number of nitrogens with zero attached hydrogens (tertiary/aromatic N) is 1. The summed E-state index contributed by atoms with van der Waals surface area (Å²) in [5.41, 5.74) is 1.09. The van der Waals surface area contributed by atoms with Crippen molar-refractivity contribution in [3.05, 3.63) is 21.9 Å². The molecule has 1 aliphatic rings. The van der Waals surface area contributed by atoms with Gasteiger partial charge in [0.15, 0.2) is 0 Å². The highest BCUT2D eigenvalue weighted by Crippen LogP contribution is 2.23. The molecule has 1 aromatic heterocycles. The second-order valence-electron chi connectivity index (χ2n) is 4.89. The Kier molecular flexibility index (Phi) is 5.25. The maximum Gasteiger partial charge on any atom is 0.104 e. The van der Waals surface area contributed by atoms with Crippen molar-refractivity contribution in [2.24, 2.45) is 0 Å². The van der Waals surface area contributed by atoms with Gasteiger partial charge in [0.1, 0.15) is 6.61 Å². The average Bonchev–Trinajstić information content (AvgIpc) is 2.71. The molecule has 1 aliphatic heterocycles. The molecule has 0 aliphatic carbocycles. The molecule has 2 rings (SSSR count). The van der Waals surface area contributed by atoms with Crippen molar-refractivity contribution in [3.63, 3.8) is 0 Å². The largest absolute Gasteiger partial charge is 0.384 e. The molecule has 2 nitrogen and oxygen atoms in total. The first-order chi connectivity index (χ1) is 8.81. The van der Waals surface area contributed by atoms with E-state index in [1.54, 1.807) is 11.3 Å². The summed E-state index contributed by atoms with van der Waals surface area (Å²) < 4.78 is 0. The van der Waals surface area contributed by atoms with Crippen LogP contribution in [0, 0.1) is 11.8 Å². The van der Waals surface area contributed by atoms with E-state index in [4.69, 9.17) is 5.11 Å². The van der Waals surface area contributed by atoms with Crippen LogP contribution in [-0.4, -0.2) is 29.2 Å². The van der Waals surface area contributed by atoms with E-state index in [0.717, 1.165) is 12.1 Å². The van der Waals surface area contributed by atoms with Crippen molar-refractivity contribution in [2.45, 2.75) is 45.2 Å². The molecule has 0 aromatic carbocycles. The molecule has 1 N–H and O–H groups in total. The highest BCUT2D eigenvalue weighted by Gasteiger charge is 2.18. The van der Waals surface area contributed by atoms with Gasteiger partial charge in [-0.05, 0) is 37.8 Å². The molecule has 1 fully saturated rings. The fourth-order valence-corrected chi connectivity index (χ4v) is 3.32. The van der Waals surface area contributed by atoms with E-state index in [0.29, 0.717) is 6.04 Å². The average molecular weight is 263 g/mol. The number of aliphatic hydroxyl groups excluding tert-OH is 1. The molecule has 0 saturated carbocycles. The van der Waals surface area contributed by atoms with Crippen LogP contribution in [0.4, 0.5) is 0 Å². The topological polar surface area (TPSA) is 23.5 Å². The highest BCUT2D eigenvalue weighted by molar-refractivity contribution is 7.10. The maximum atomic E-state index is 8.78. The minimum atomic E-state index is -0.0601. The first kappa shape index (κ1) is 13.6. The Morgan fingerprint density at radius 2 is 2.33 bits per heavy atom. The van der Waals surface area contributed by atoms with Crippen molar-refractivity contribution in [1.29, 1.82) is 0 Å². The van der Waals surface area contributed by atoms with Gasteiger partial charge in [-0.25, -0.2) is 0 Å². The van der Waals surface area contributed by atoms with Crippen LogP contribution in [0.5, 0.6) is 0 Å². The summed E-state index contributed by atoms with van der Waals surface area (Å²) in [6, 6.07) is 2.73. The lowest BCUT2D eigenvalue weighted by Crippen LogP contribution is -2.31. The van der Waals surface area contributed by atoms with Crippen LogP contribution in [0.15, 0.2) is 11.4 Å². The van der Waals surface area contributed by atoms with Gasteiger partial charge in [0.2, 0.25) is 0 Å². The molecule has 98 valence electrons. The number of hydrogen-bond acceptors (Lipinski definition) is 3. The van der Waals surface area contributed by atoms with E-state index in [9.17, 15) is 0 Å². The number of thiophene rings is 1. The van der Waals surface area contributed by atoms with Gasteiger partial charge < -0.3 is 5.11 Å². The predicted octanol–water partition coefficient (Wildman–Crippen LogP) is 2.86. The van der Waals surface area contributed by atoms with Crippen LogP contribution in [-0.2, 0) is 6.54 Å². The van der Waals surface area contributed by atoms with E-state index in [2.05, 4.69) is 35.1 Å². The zero-order valence-corrected chi connectivity index (χ0v) is 11.8. The summed E-state index contributed by atoms with van der Waals surface area (Å²) >= 11 is 1.78. The lowest BCUT2D eigenvalue weighted by atomic mass is 10.1. The number of rotatable bonds is 2. The summed E-state index contributed by atoms with van der Waals surface area (Å²) in [6.07, 6.45) is 5.35. The zero-order valence-electron chi connectivity index (χ0n) is 11.0. The Bertz CT molecular complexity index is 429. The molecule has 0 spiro atoms. The molecule has 0 bridgehead atoms. The second kappa shape index (κ2) is 6.94. The molecule has 18 heavy (non-hydrogen) atoms. The van der Waals surface area contributed by atoms with Crippen molar-refractivity contribution in [3.8, 4) is 11.8 Å². The summed E-state index contributed by atoms with van der Waals surface area (Å²) in [7, 11) is 0. The molecule has 1 unspecified atom stereocenters. The third-order valence-electron chi connectivity index (χ3n) is 3.58. The molecule has 0 amide bonds. The second-order valence-corrected chi connectivity index (χ2v) is 5.89. The maximum absolute atomic E-state index is 8.78. The molecule has 1 atom stereocenters. The SMILES string of the molecule is CC1CCCCCN1Cc1sccc1C#CCO. The summed E-state index contributed by atoms with van der Waals surface area (Å²) in [5, 5.41) is 10.9. The lowest BCUT2D eigenvalue weighted by Gasteiger charge is -2.26. The van der Waals surface area contributed by atoms with Crippen molar-refractivity contribution in [1.82, 2.24) is 4.90 Å². The van der Waals surface area contributed by atoms with Gasteiger partial charge >= 0.3 is 0 Å². The third kappa shape index (κ3) is 3.58. The third-order valence-corrected chi connectivity index (χ3v) is 4.49. The molecular formula is C15H21NOS. The van der Waals surface area contributed by atoms with Crippen LogP contribution >= 0.6 is 11.3 Å². The molecule has 1 aromatic rings. The van der Waals surface area contributed by atoms with Crippen LogP contribution in [0.3, 0.4) is 0 Å². The Morgan fingerprint density at radius 1 is 1.44 bits per heavy atom. The smallest absolute Gasteiger partial charge is 0.104 e. The van der Waals surface area contributed by atoms with Gasteiger partial charge in [-0.15, -0.1) is 11.3 Å². The Hall–Kier alpha value is -0.820. The van der Waals surface area contributed by atoms with Gasteiger partial charge in [0, 0.05) is 23.0 Å². The van der Waals surface area contributed by atoms with Crippen LogP contribution < -0.4 is 0 Å².